The van der Waals surface area contributed by atoms with Crippen molar-refractivity contribution < 1.29 is 17.6 Å². The highest BCUT2D eigenvalue weighted by Gasteiger charge is 2.19. The second-order valence-corrected chi connectivity index (χ2v) is 9.89. The number of nitrogens with one attached hydrogen (secondary N) is 2. The van der Waals surface area contributed by atoms with Gasteiger partial charge in [-0.2, -0.15) is 0 Å². The molecule has 1 amide bonds. The minimum Gasteiger partial charge on any atom is -0.348 e. The lowest BCUT2D eigenvalue weighted by Crippen LogP contribution is -2.24. The van der Waals surface area contributed by atoms with Crippen LogP contribution in [-0.4, -0.2) is 23.9 Å². The number of anilines is 1. The lowest BCUT2D eigenvalue weighted by Gasteiger charge is -2.13. The fraction of sp³-hybridized carbons (Fsp3) is 0.154. The normalized spacial score (nSPS) is 11.3. The Labute approximate surface area is 203 Å². The van der Waals surface area contributed by atoms with Gasteiger partial charge in [-0.05, 0) is 67.8 Å². The lowest BCUT2D eigenvalue weighted by molar-refractivity contribution is 0.0950. The third kappa shape index (κ3) is 5.25. The van der Waals surface area contributed by atoms with Crippen LogP contribution < -0.4 is 10.0 Å². The van der Waals surface area contributed by atoms with E-state index in [9.17, 15) is 17.6 Å². The highest BCUT2D eigenvalue weighted by atomic mass is 32.2. The van der Waals surface area contributed by atoms with Crippen molar-refractivity contribution in [3.63, 3.8) is 0 Å². The number of hydrogen-bond acceptors (Lipinski definition) is 4. The molecule has 0 radical (unpaired) electrons. The van der Waals surface area contributed by atoms with Crippen LogP contribution in [0.2, 0.25) is 0 Å². The zero-order valence-corrected chi connectivity index (χ0v) is 20.4. The monoisotopic (exact) mass is 492 g/mol. The largest absolute Gasteiger partial charge is 0.348 e. The van der Waals surface area contributed by atoms with E-state index in [0.29, 0.717) is 28.3 Å². The number of imidazole rings is 1. The van der Waals surface area contributed by atoms with E-state index in [0.717, 1.165) is 5.56 Å². The third-order valence-electron chi connectivity index (χ3n) is 5.70. The van der Waals surface area contributed by atoms with Gasteiger partial charge >= 0.3 is 0 Å². The zero-order valence-electron chi connectivity index (χ0n) is 19.5. The topological polar surface area (TPSA) is 93.1 Å². The number of amides is 1. The molecule has 4 aromatic rings. The Morgan fingerprint density at radius 2 is 1.77 bits per heavy atom. The van der Waals surface area contributed by atoms with Crippen LogP contribution in [-0.2, 0) is 16.6 Å². The van der Waals surface area contributed by atoms with Crippen molar-refractivity contribution in [2.24, 2.45) is 0 Å². The van der Waals surface area contributed by atoms with Crippen molar-refractivity contribution in [2.45, 2.75) is 32.2 Å². The van der Waals surface area contributed by atoms with E-state index in [-0.39, 0.29) is 17.0 Å². The fourth-order valence-electron chi connectivity index (χ4n) is 3.67. The molecule has 1 aromatic heterocycles. The minimum atomic E-state index is -3.90. The standard InChI is InChI=1S/C26H25FN4O3S/c1-17-8-10-21(35(33,34)30-24-7-5-4-6-18(24)2)15-22(17)26(32)29-16-20-9-11-25(23(27)14-20)31-13-12-28-19(31)3/h4-15,30H,16H2,1-3H3,(H,29,32). The second-order valence-electron chi connectivity index (χ2n) is 8.21. The molecule has 0 spiro atoms. The summed E-state index contributed by atoms with van der Waals surface area (Å²) in [6, 6.07) is 16.1. The Morgan fingerprint density at radius 3 is 2.46 bits per heavy atom. The number of hydrogen-bond donors (Lipinski definition) is 2. The molecule has 3 aromatic carbocycles. The molecule has 35 heavy (non-hydrogen) atoms. The molecule has 9 heteroatoms. The first kappa shape index (κ1) is 24.2. The maximum atomic E-state index is 14.7. The molecule has 180 valence electrons. The molecule has 1 heterocycles. The van der Waals surface area contributed by atoms with E-state index in [1.54, 1.807) is 74.1 Å². The molecule has 0 aliphatic rings. The molecule has 0 unspecified atom stereocenters. The molecule has 7 nitrogen and oxygen atoms in total. The number of halogens is 1. The molecular weight excluding hydrogens is 467 g/mol. The first-order valence-corrected chi connectivity index (χ1v) is 12.4. The van der Waals surface area contributed by atoms with Gasteiger partial charge in [-0.3, -0.25) is 9.52 Å². The summed E-state index contributed by atoms with van der Waals surface area (Å²) in [4.78, 5) is 17.0. The summed E-state index contributed by atoms with van der Waals surface area (Å²) in [7, 11) is -3.90. The van der Waals surface area contributed by atoms with Crippen LogP contribution in [0.1, 0.15) is 32.9 Å². The van der Waals surface area contributed by atoms with Crippen molar-refractivity contribution >= 4 is 21.6 Å². The average molecular weight is 493 g/mol. The predicted octanol–water partition coefficient (Wildman–Crippen LogP) is 4.67. The SMILES string of the molecule is Cc1ccccc1NS(=O)(=O)c1ccc(C)c(C(=O)NCc2ccc(-n3ccnc3C)c(F)c2)c1. The number of aryl methyl sites for hydroxylation is 3. The highest BCUT2D eigenvalue weighted by molar-refractivity contribution is 7.92. The van der Waals surface area contributed by atoms with E-state index in [1.165, 1.54) is 18.2 Å². The van der Waals surface area contributed by atoms with E-state index in [1.807, 2.05) is 6.07 Å². The molecule has 0 fully saturated rings. The molecule has 4 rings (SSSR count). The maximum absolute atomic E-state index is 14.7. The first-order valence-electron chi connectivity index (χ1n) is 10.9. The van der Waals surface area contributed by atoms with Gasteiger partial charge in [-0.25, -0.2) is 17.8 Å². The third-order valence-corrected chi connectivity index (χ3v) is 7.07. The first-order chi connectivity index (χ1) is 16.7. The number of nitrogens with zero attached hydrogens (tertiary/aromatic N) is 2. The molecule has 2 N–H and O–H groups in total. The minimum absolute atomic E-state index is 0.0254. The summed E-state index contributed by atoms with van der Waals surface area (Å²) in [5.74, 6) is -0.234. The van der Waals surface area contributed by atoms with Crippen LogP contribution >= 0.6 is 0 Å². The molecular formula is C26H25FN4O3S. The highest BCUT2D eigenvalue weighted by Crippen LogP contribution is 2.22. The average Bonchev–Trinajstić information content (AvgIpc) is 3.24. The quantitative estimate of drug-likeness (QED) is 0.392. The second kappa shape index (κ2) is 9.71. The van der Waals surface area contributed by atoms with Gasteiger partial charge in [-0.1, -0.05) is 30.3 Å². The number of carbonyl (C=O) groups is 1. The summed E-state index contributed by atoms with van der Waals surface area (Å²) < 4.78 is 44.7. The Morgan fingerprint density at radius 1 is 1.00 bits per heavy atom. The van der Waals surface area contributed by atoms with E-state index >= 15 is 0 Å². The lowest BCUT2D eigenvalue weighted by atomic mass is 10.1. The van der Waals surface area contributed by atoms with Crippen LogP contribution in [0.3, 0.4) is 0 Å². The Balaban J connectivity index is 1.50. The van der Waals surface area contributed by atoms with Crippen LogP contribution in [0.5, 0.6) is 0 Å². The van der Waals surface area contributed by atoms with Crippen LogP contribution in [0.15, 0.2) is 78.0 Å². The Hall–Kier alpha value is -3.98. The van der Waals surface area contributed by atoms with Crippen LogP contribution in [0.4, 0.5) is 10.1 Å². The van der Waals surface area contributed by atoms with Gasteiger partial charge in [0.15, 0.2) is 0 Å². The maximum Gasteiger partial charge on any atom is 0.261 e. The molecule has 0 atom stereocenters. The predicted molar refractivity (Wildman–Crippen MR) is 133 cm³/mol. The number of rotatable bonds is 7. The van der Waals surface area contributed by atoms with Gasteiger partial charge in [0, 0.05) is 24.5 Å². The van der Waals surface area contributed by atoms with Crippen LogP contribution in [0, 0.1) is 26.6 Å². The summed E-state index contributed by atoms with van der Waals surface area (Å²) in [5.41, 5.74) is 3.03. The molecule has 0 saturated heterocycles. The van der Waals surface area contributed by atoms with Crippen LogP contribution in [0.25, 0.3) is 5.69 Å². The van der Waals surface area contributed by atoms with Crippen molar-refractivity contribution in [1.29, 1.82) is 0 Å². The van der Waals surface area contributed by atoms with E-state index in [4.69, 9.17) is 0 Å². The fourth-order valence-corrected chi connectivity index (χ4v) is 4.83. The zero-order chi connectivity index (χ0) is 25.2. The Kier molecular flexibility index (Phi) is 6.70. The molecule has 0 aliphatic carbocycles. The molecule has 0 aliphatic heterocycles. The van der Waals surface area contributed by atoms with Gasteiger partial charge < -0.3 is 9.88 Å². The van der Waals surface area contributed by atoms with Crippen molar-refractivity contribution in [2.75, 3.05) is 4.72 Å². The summed E-state index contributed by atoms with van der Waals surface area (Å²) >= 11 is 0. The van der Waals surface area contributed by atoms with E-state index in [2.05, 4.69) is 15.0 Å². The number of para-hydroxylation sites is 1. The van der Waals surface area contributed by atoms with Gasteiger partial charge in [0.25, 0.3) is 15.9 Å². The van der Waals surface area contributed by atoms with Gasteiger partial charge in [-0.15, -0.1) is 0 Å². The number of aromatic nitrogens is 2. The molecule has 0 bridgehead atoms. The smallest absolute Gasteiger partial charge is 0.261 e. The van der Waals surface area contributed by atoms with Gasteiger partial charge in [0.2, 0.25) is 0 Å². The summed E-state index contributed by atoms with van der Waals surface area (Å²) in [6.07, 6.45) is 3.27. The van der Waals surface area contributed by atoms with Crippen molar-refractivity contribution in [3.05, 3.63) is 107 Å². The van der Waals surface area contributed by atoms with Crippen molar-refractivity contribution in [1.82, 2.24) is 14.9 Å². The van der Waals surface area contributed by atoms with Crippen molar-refractivity contribution in [3.8, 4) is 5.69 Å². The summed E-state index contributed by atoms with van der Waals surface area (Å²) in [6.45, 7) is 5.39. The number of sulfonamides is 1. The Bertz CT molecular complexity index is 1510. The number of benzene rings is 3. The van der Waals surface area contributed by atoms with Gasteiger partial charge in [0.1, 0.15) is 11.6 Å². The number of carbonyl (C=O) groups excluding carboxylic acids is 1. The molecule has 0 saturated carbocycles. The summed E-state index contributed by atoms with van der Waals surface area (Å²) in [5, 5.41) is 2.75. The van der Waals surface area contributed by atoms with E-state index < -0.39 is 21.7 Å². The van der Waals surface area contributed by atoms with Gasteiger partial charge in [0.05, 0.1) is 16.3 Å².